The number of alkyl halides is 3. The Morgan fingerprint density at radius 2 is 2.05 bits per heavy atom. The number of nitrogens with zero attached hydrogens (tertiary/aromatic N) is 3. The quantitative estimate of drug-likeness (QED) is 0.523. The van der Waals surface area contributed by atoms with E-state index in [1.54, 1.807) is 0 Å². The third-order valence-electron chi connectivity index (χ3n) is 2.98. The average molecular weight is 330 g/mol. The van der Waals surface area contributed by atoms with E-state index >= 15 is 0 Å². The number of thiophene rings is 1. The highest BCUT2D eigenvalue weighted by atomic mass is 32.1. The van der Waals surface area contributed by atoms with E-state index in [0.717, 1.165) is 30.2 Å². The van der Waals surface area contributed by atoms with Gasteiger partial charge in [-0.05, 0) is 31.0 Å². The van der Waals surface area contributed by atoms with Gasteiger partial charge >= 0.3 is 6.18 Å². The molecule has 0 bridgehead atoms. The van der Waals surface area contributed by atoms with Gasteiger partial charge in [0.25, 0.3) is 0 Å². The fourth-order valence-electron chi connectivity index (χ4n) is 1.80. The van der Waals surface area contributed by atoms with Crippen molar-refractivity contribution < 1.29 is 17.6 Å². The molecule has 2 aromatic heterocycles. The van der Waals surface area contributed by atoms with Crippen molar-refractivity contribution in [2.24, 2.45) is 5.10 Å². The van der Waals surface area contributed by atoms with Crippen LogP contribution in [0, 0.1) is 5.13 Å². The Kier molecular flexibility index (Phi) is 3.81. The van der Waals surface area contributed by atoms with Gasteiger partial charge in [-0.15, -0.1) is 11.3 Å². The van der Waals surface area contributed by atoms with Crippen molar-refractivity contribution in [1.29, 1.82) is 0 Å². The van der Waals surface area contributed by atoms with Crippen LogP contribution < -0.4 is 5.43 Å². The predicted octanol–water partition coefficient (Wildman–Crippen LogP) is 4.02. The van der Waals surface area contributed by atoms with Crippen molar-refractivity contribution in [2.75, 3.05) is 5.43 Å². The number of hydrogen-bond donors (Lipinski definition) is 1. The molecule has 0 amide bonds. The van der Waals surface area contributed by atoms with Gasteiger partial charge < -0.3 is 0 Å². The van der Waals surface area contributed by atoms with Crippen LogP contribution in [0.4, 0.5) is 23.5 Å². The Bertz CT molecular complexity index is 706. The van der Waals surface area contributed by atoms with E-state index in [-0.39, 0.29) is 17.0 Å². The molecule has 0 spiro atoms. The molecule has 0 aromatic carbocycles. The zero-order chi connectivity index (χ0) is 15.7. The maximum atomic E-state index is 12.8. The summed E-state index contributed by atoms with van der Waals surface area (Å²) in [7, 11) is 0. The summed E-state index contributed by atoms with van der Waals surface area (Å²) in [5.74, 6) is -0.162. The largest absolute Gasteiger partial charge is 0.433 e. The first-order valence-corrected chi connectivity index (χ1v) is 7.24. The topological polar surface area (TPSA) is 50.2 Å². The minimum Gasteiger partial charge on any atom is -0.245 e. The molecule has 2 heterocycles. The first kappa shape index (κ1) is 14.9. The summed E-state index contributed by atoms with van der Waals surface area (Å²) in [5, 5.41) is 3.38. The molecule has 1 saturated carbocycles. The van der Waals surface area contributed by atoms with Crippen LogP contribution in [0.5, 0.6) is 0 Å². The summed E-state index contributed by atoms with van der Waals surface area (Å²) in [6.07, 6.45) is -1.59. The summed E-state index contributed by atoms with van der Waals surface area (Å²) in [4.78, 5) is 7.99. The molecular weight excluding hydrogens is 320 g/mol. The zero-order valence-corrected chi connectivity index (χ0v) is 11.9. The Labute approximate surface area is 126 Å². The molecule has 0 saturated heterocycles. The SMILES string of the molecule is Fc1ccc(C=NNc2nc(C3CC3)cc(C(F)(F)F)n2)s1. The van der Waals surface area contributed by atoms with Crippen LogP contribution >= 0.6 is 11.3 Å². The van der Waals surface area contributed by atoms with Gasteiger partial charge in [0.2, 0.25) is 5.95 Å². The Morgan fingerprint density at radius 3 is 2.64 bits per heavy atom. The summed E-state index contributed by atoms with van der Waals surface area (Å²) in [6.45, 7) is 0. The van der Waals surface area contributed by atoms with Crippen molar-refractivity contribution in [1.82, 2.24) is 9.97 Å². The first-order chi connectivity index (χ1) is 10.4. The standard InChI is InChI=1S/C13H10F4N4S/c14-11-4-3-8(22-11)6-18-21-12-19-9(7-1-2-7)5-10(20-12)13(15,16)17/h3-7H,1-2H2,(H,19,20,21). The summed E-state index contributed by atoms with van der Waals surface area (Å²) < 4.78 is 51.3. The molecule has 22 heavy (non-hydrogen) atoms. The van der Waals surface area contributed by atoms with Gasteiger partial charge in [0.05, 0.1) is 11.1 Å². The summed E-state index contributed by atoms with van der Waals surface area (Å²) in [5.41, 5.74) is 1.74. The van der Waals surface area contributed by atoms with E-state index in [1.165, 1.54) is 18.3 Å². The highest BCUT2D eigenvalue weighted by Crippen LogP contribution is 2.41. The maximum absolute atomic E-state index is 12.8. The van der Waals surface area contributed by atoms with Crippen LogP contribution in [-0.4, -0.2) is 16.2 Å². The number of halogens is 4. The van der Waals surface area contributed by atoms with E-state index in [1.807, 2.05) is 0 Å². The lowest BCUT2D eigenvalue weighted by atomic mass is 10.2. The van der Waals surface area contributed by atoms with Gasteiger partial charge in [0.15, 0.2) is 5.13 Å². The van der Waals surface area contributed by atoms with Crippen molar-refractivity contribution >= 4 is 23.5 Å². The van der Waals surface area contributed by atoms with Crippen LogP contribution in [0.2, 0.25) is 0 Å². The van der Waals surface area contributed by atoms with E-state index in [4.69, 9.17) is 0 Å². The molecule has 0 radical (unpaired) electrons. The third-order valence-corrected chi connectivity index (χ3v) is 3.79. The molecule has 4 nitrogen and oxygen atoms in total. The number of hydrogen-bond acceptors (Lipinski definition) is 5. The van der Waals surface area contributed by atoms with Crippen molar-refractivity contribution in [3.8, 4) is 0 Å². The number of anilines is 1. The normalized spacial score (nSPS) is 15.5. The highest BCUT2D eigenvalue weighted by Gasteiger charge is 2.36. The number of aromatic nitrogens is 2. The lowest BCUT2D eigenvalue weighted by Crippen LogP contribution is -2.12. The molecule has 1 aliphatic rings. The van der Waals surface area contributed by atoms with Crippen molar-refractivity contribution in [3.63, 3.8) is 0 Å². The number of rotatable bonds is 4. The second-order valence-electron chi connectivity index (χ2n) is 4.79. The molecule has 116 valence electrons. The van der Waals surface area contributed by atoms with Crippen molar-refractivity contribution in [2.45, 2.75) is 24.9 Å². The van der Waals surface area contributed by atoms with E-state index in [9.17, 15) is 17.6 Å². The fourth-order valence-corrected chi connectivity index (χ4v) is 2.40. The molecule has 3 rings (SSSR count). The molecule has 1 N–H and O–H groups in total. The molecule has 0 unspecified atom stereocenters. The Hall–Kier alpha value is -2.03. The molecular formula is C13H10F4N4S. The van der Waals surface area contributed by atoms with Crippen LogP contribution in [0.25, 0.3) is 0 Å². The van der Waals surface area contributed by atoms with Crippen LogP contribution in [0.1, 0.15) is 35.0 Å². The van der Waals surface area contributed by atoms with E-state index in [0.29, 0.717) is 10.6 Å². The van der Waals surface area contributed by atoms with Crippen LogP contribution in [0.3, 0.4) is 0 Å². The second-order valence-corrected chi connectivity index (χ2v) is 5.85. The van der Waals surface area contributed by atoms with Gasteiger partial charge in [-0.1, -0.05) is 0 Å². The van der Waals surface area contributed by atoms with Gasteiger partial charge in [0, 0.05) is 11.6 Å². The van der Waals surface area contributed by atoms with Crippen LogP contribution in [-0.2, 0) is 6.18 Å². The van der Waals surface area contributed by atoms with Gasteiger partial charge in [0.1, 0.15) is 5.69 Å². The average Bonchev–Trinajstić information content (AvgIpc) is 3.21. The molecule has 1 aliphatic carbocycles. The fraction of sp³-hybridized carbons (Fsp3) is 0.308. The monoisotopic (exact) mass is 330 g/mol. The zero-order valence-electron chi connectivity index (χ0n) is 11.1. The highest BCUT2D eigenvalue weighted by molar-refractivity contribution is 7.12. The molecule has 2 aromatic rings. The lowest BCUT2D eigenvalue weighted by Gasteiger charge is -2.09. The Balaban J connectivity index is 1.80. The van der Waals surface area contributed by atoms with Gasteiger partial charge in [-0.2, -0.15) is 22.7 Å². The lowest BCUT2D eigenvalue weighted by molar-refractivity contribution is -0.141. The number of nitrogens with one attached hydrogen (secondary N) is 1. The smallest absolute Gasteiger partial charge is 0.245 e. The van der Waals surface area contributed by atoms with E-state index in [2.05, 4.69) is 20.5 Å². The van der Waals surface area contributed by atoms with E-state index < -0.39 is 11.9 Å². The number of hydrazone groups is 1. The van der Waals surface area contributed by atoms with Gasteiger partial charge in [-0.3, -0.25) is 0 Å². The summed E-state index contributed by atoms with van der Waals surface area (Å²) in [6, 6.07) is 3.76. The maximum Gasteiger partial charge on any atom is 0.433 e. The molecule has 0 aliphatic heterocycles. The second kappa shape index (κ2) is 5.64. The molecule has 1 fully saturated rings. The molecule has 9 heteroatoms. The minimum absolute atomic E-state index is 0.0556. The predicted molar refractivity (Wildman–Crippen MR) is 74.5 cm³/mol. The van der Waals surface area contributed by atoms with Crippen molar-refractivity contribution in [3.05, 3.63) is 39.6 Å². The minimum atomic E-state index is -4.54. The third kappa shape index (κ3) is 3.59. The van der Waals surface area contributed by atoms with Crippen LogP contribution in [0.15, 0.2) is 23.3 Å². The first-order valence-electron chi connectivity index (χ1n) is 6.42. The Morgan fingerprint density at radius 1 is 1.27 bits per heavy atom. The summed E-state index contributed by atoms with van der Waals surface area (Å²) >= 11 is 0.872. The molecule has 0 atom stereocenters. The van der Waals surface area contributed by atoms with Gasteiger partial charge in [-0.25, -0.2) is 15.4 Å².